The van der Waals surface area contributed by atoms with Crippen LogP contribution in [0.2, 0.25) is 0 Å². The van der Waals surface area contributed by atoms with Crippen molar-refractivity contribution in [2.24, 2.45) is 5.92 Å². The molecule has 4 nitrogen and oxygen atoms in total. The Morgan fingerprint density at radius 2 is 2.11 bits per heavy atom. The number of aliphatic hydroxyl groups is 1. The average molecular weight is 257 g/mol. The molecule has 2 N–H and O–H groups in total. The van der Waals surface area contributed by atoms with E-state index in [0.29, 0.717) is 5.92 Å². The predicted molar refractivity (Wildman–Crippen MR) is 73.5 cm³/mol. The van der Waals surface area contributed by atoms with E-state index in [1.165, 1.54) is 5.56 Å². The number of hydrogen-bond donors (Lipinski definition) is 2. The normalized spacial score (nSPS) is 23.8. The number of hydrogen-bond acceptors (Lipinski definition) is 3. The van der Waals surface area contributed by atoms with Gasteiger partial charge in [-0.3, -0.25) is 4.90 Å². The van der Waals surface area contributed by atoms with E-state index in [9.17, 15) is 5.11 Å². The van der Waals surface area contributed by atoms with Gasteiger partial charge in [-0.2, -0.15) is 0 Å². The van der Waals surface area contributed by atoms with Crippen LogP contribution in [0.15, 0.2) is 42.7 Å². The third-order valence-corrected chi connectivity index (χ3v) is 3.75. The first-order valence-electron chi connectivity index (χ1n) is 6.74. The van der Waals surface area contributed by atoms with E-state index < -0.39 is 0 Å². The van der Waals surface area contributed by atoms with E-state index >= 15 is 0 Å². The summed E-state index contributed by atoms with van der Waals surface area (Å²) in [5.74, 6) is 1.28. The Morgan fingerprint density at radius 1 is 1.26 bits per heavy atom. The fourth-order valence-electron chi connectivity index (χ4n) is 2.78. The molecule has 0 spiro atoms. The molecule has 0 bridgehead atoms. The van der Waals surface area contributed by atoms with Crippen molar-refractivity contribution < 1.29 is 5.11 Å². The van der Waals surface area contributed by atoms with Crippen LogP contribution in [0.3, 0.4) is 0 Å². The highest BCUT2D eigenvalue weighted by atomic mass is 16.3. The molecule has 1 aromatic heterocycles. The minimum absolute atomic E-state index is 0.241. The van der Waals surface area contributed by atoms with Crippen molar-refractivity contribution in [1.82, 2.24) is 14.9 Å². The van der Waals surface area contributed by atoms with Gasteiger partial charge in [0.05, 0.1) is 12.6 Å². The Labute approximate surface area is 113 Å². The van der Waals surface area contributed by atoms with Crippen molar-refractivity contribution in [3.63, 3.8) is 0 Å². The van der Waals surface area contributed by atoms with Gasteiger partial charge in [-0.15, -0.1) is 0 Å². The number of aliphatic hydroxyl groups excluding tert-OH is 1. The van der Waals surface area contributed by atoms with Crippen molar-refractivity contribution in [3.05, 3.63) is 54.1 Å². The Kier molecular flexibility index (Phi) is 3.62. The van der Waals surface area contributed by atoms with Gasteiger partial charge in [0.25, 0.3) is 0 Å². The summed E-state index contributed by atoms with van der Waals surface area (Å²) in [5, 5.41) is 10.2. The second-order valence-electron chi connectivity index (χ2n) is 5.25. The fourth-order valence-corrected chi connectivity index (χ4v) is 2.78. The number of benzene rings is 1. The molecule has 0 unspecified atom stereocenters. The summed E-state index contributed by atoms with van der Waals surface area (Å²) >= 11 is 0. The van der Waals surface area contributed by atoms with Gasteiger partial charge in [0.15, 0.2) is 0 Å². The molecule has 2 aromatic rings. The lowest BCUT2D eigenvalue weighted by molar-refractivity contribution is 0.141. The summed E-state index contributed by atoms with van der Waals surface area (Å²) in [4.78, 5) is 9.60. The summed E-state index contributed by atoms with van der Waals surface area (Å²) in [6, 6.07) is 10.4. The Morgan fingerprint density at radius 3 is 2.84 bits per heavy atom. The Bertz CT molecular complexity index is 497. The maximum absolute atomic E-state index is 10.2. The van der Waals surface area contributed by atoms with Crippen molar-refractivity contribution in [2.45, 2.75) is 19.1 Å². The Balaban J connectivity index is 1.59. The van der Waals surface area contributed by atoms with Gasteiger partial charge in [0.2, 0.25) is 0 Å². The number of aromatic amines is 1. The lowest BCUT2D eigenvalue weighted by atomic mass is 9.97. The second-order valence-corrected chi connectivity index (χ2v) is 5.25. The van der Waals surface area contributed by atoms with E-state index in [4.69, 9.17) is 0 Å². The molecule has 1 aliphatic rings. The van der Waals surface area contributed by atoms with Crippen LogP contribution < -0.4 is 0 Å². The molecule has 19 heavy (non-hydrogen) atoms. The van der Waals surface area contributed by atoms with Gasteiger partial charge in [-0.25, -0.2) is 4.98 Å². The first-order chi connectivity index (χ1) is 9.31. The van der Waals surface area contributed by atoms with Crippen molar-refractivity contribution >= 4 is 0 Å². The molecule has 100 valence electrons. The zero-order valence-corrected chi connectivity index (χ0v) is 10.9. The molecule has 3 rings (SSSR count). The van der Waals surface area contributed by atoms with E-state index in [1.54, 1.807) is 6.20 Å². The Hall–Kier alpha value is -1.65. The minimum atomic E-state index is -0.241. The van der Waals surface area contributed by atoms with Crippen LogP contribution in [0, 0.1) is 5.92 Å². The molecule has 1 aromatic carbocycles. The number of aromatic nitrogens is 2. The second kappa shape index (κ2) is 5.55. The van der Waals surface area contributed by atoms with Crippen molar-refractivity contribution in [2.75, 3.05) is 13.1 Å². The van der Waals surface area contributed by atoms with Gasteiger partial charge in [-0.1, -0.05) is 30.3 Å². The zero-order valence-electron chi connectivity index (χ0n) is 10.9. The molecule has 0 amide bonds. The van der Waals surface area contributed by atoms with Gasteiger partial charge in [0, 0.05) is 31.4 Å². The molecule has 4 heteroatoms. The van der Waals surface area contributed by atoms with Crippen LogP contribution in [0.25, 0.3) is 0 Å². The quantitative estimate of drug-likeness (QED) is 0.871. The molecular formula is C15H19N3O. The highest BCUT2D eigenvalue weighted by Gasteiger charge is 2.31. The number of rotatable bonds is 4. The largest absolute Gasteiger partial charge is 0.391 e. The van der Waals surface area contributed by atoms with E-state index in [2.05, 4.69) is 39.1 Å². The molecule has 0 saturated carbocycles. The molecule has 1 saturated heterocycles. The molecule has 0 aliphatic carbocycles. The molecule has 0 radical (unpaired) electrons. The van der Waals surface area contributed by atoms with Gasteiger partial charge < -0.3 is 10.1 Å². The number of imidazole rings is 1. The summed E-state index contributed by atoms with van der Waals surface area (Å²) < 4.78 is 0. The van der Waals surface area contributed by atoms with E-state index in [0.717, 1.165) is 31.9 Å². The maximum atomic E-state index is 10.2. The first-order valence-corrected chi connectivity index (χ1v) is 6.74. The van der Waals surface area contributed by atoms with Gasteiger partial charge in [-0.05, 0) is 12.0 Å². The van der Waals surface area contributed by atoms with Crippen LogP contribution in [0.4, 0.5) is 0 Å². The fraction of sp³-hybridized carbons (Fsp3) is 0.400. The van der Waals surface area contributed by atoms with Crippen LogP contribution in [-0.2, 0) is 13.0 Å². The third-order valence-electron chi connectivity index (χ3n) is 3.75. The molecule has 1 fully saturated rings. The number of H-pyrrole nitrogens is 1. The van der Waals surface area contributed by atoms with Crippen LogP contribution in [0.5, 0.6) is 0 Å². The summed E-state index contributed by atoms with van der Waals surface area (Å²) in [6.07, 6.45) is 4.30. The number of β-amino-alcohol motifs (C(OH)–C–C–N with tert-alkyl or cyclic N) is 1. The van der Waals surface area contributed by atoms with Crippen LogP contribution in [0.1, 0.15) is 11.4 Å². The lowest BCUT2D eigenvalue weighted by Gasteiger charge is -2.14. The summed E-state index contributed by atoms with van der Waals surface area (Å²) in [6.45, 7) is 2.45. The molecule has 1 aliphatic heterocycles. The highest BCUT2D eigenvalue weighted by Crippen LogP contribution is 2.22. The number of nitrogens with zero attached hydrogens (tertiary/aromatic N) is 2. The third kappa shape index (κ3) is 3.03. The zero-order chi connectivity index (χ0) is 13.1. The van der Waals surface area contributed by atoms with E-state index in [1.807, 2.05) is 12.3 Å². The van der Waals surface area contributed by atoms with Crippen molar-refractivity contribution in [3.8, 4) is 0 Å². The van der Waals surface area contributed by atoms with Gasteiger partial charge in [0.1, 0.15) is 5.82 Å². The molecule has 2 atom stereocenters. The maximum Gasteiger partial charge on any atom is 0.120 e. The number of nitrogens with one attached hydrogen (secondary N) is 1. The van der Waals surface area contributed by atoms with Gasteiger partial charge >= 0.3 is 0 Å². The molecule has 2 heterocycles. The summed E-state index contributed by atoms with van der Waals surface area (Å²) in [7, 11) is 0. The number of likely N-dealkylation sites (tertiary alicyclic amines) is 1. The SMILES string of the molecule is O[C@H]1CN(Cc2ncc[nH]2)C[C@@H]1Cc1ccccc1. The van der Waals surface area contributed by atoms with Crippen LogP contribution in [-0.4, -0.2) is 39.2 Å². The van der Waals surface area contributed by atoms with Crippen molar-refractivity contribution in [1.29, 1.82) is 0 Å². The standard InChI is InChI=1S/C15H19N3O/c19-14-10-18(11-15-16-6-7-17-15)9-13(14)8-12-4-2-1-3-5-12/h1-7,13-14,19H,8-11H2,(H,16,17)/t13-,14-/m0/s1. The minimum Gasteiger partial charge on any atom is -0.391 e. The monoisotopic (exact) mass is 257 g/mol. The van der Waals surface area contributed by atoms with Crippen LogP contribution >= 0.6 is 0 Å². The average Bonchev–Trinajstić information content (AvgIpc) is 3.02. The predicted octanol–water partition coefficient (Wildman–Crippen LogP) is 1.45. The topological polar surface area (TPSA) is 52.1 Å². The van der Waals surface area contributed by atoms with E-state index in [-0.39, 0.29) is 6.10 Å². The smallest absolute Gasteiger partial charge is 0.120 e. The molecular weight excluding hydrogens is 238 g/mol. The summed E-state index contributed by atoms with van der Waals surface area (Å²) in [5.41, 5.74) is 1.30. The first kappa shape index (κ1) is 12.4. The lowest BCUT2D eigenvalue weighted by Crippen LogP contribution is -2.22. The highest BCUT2D eigenvalue weighted by molar-refractivity contribution is 5.16.